The summed E-state index contributed by atoms with van der Waals surface area (Å²) in [4.78, 5) is 4.09. The van der Waals surface area contributed by atoms with Gasteiger partial charge in [0.1, 0.15) is 0 Å². The molecule has 0 aromatic heterocycles. The number of nitrogens with zero attached hydrogens (tertiary/aromatic N) is 1. The van der Waals surface area contributed by atoms with Gasteiger partial charge in [-0.05, 0) is 26.0 Å². The minimum atomic E-state index is 0.767. The molecule has 0 radical (unpaired) electrons. The average Bonchev–Trinajstić information content (AvgIpc) is 2.08. The molecular formula is C10H12ClN. The molecule has 0 heterocycles. The third kappa shape index (κ3) is 1.86. The Kier molecular flexibility index (Phi) is 2.88. The second-order valence-electron chi connectivity index (χ2n) is 2.79. The van der Waals surface area contributed by atoms with Gasteiger partial charge in [0.15, 0.2) is 0 Å². The van der Waals surface area contributed by atoms with Gasteiger partial charge in [0, 0.05) is 23.3 Å². The van der Waals surface area contributed by atoms with Crippen molar-refractivity contribution in [1.82, 2.24) is 0 Å². The van der Waals surface area contributed by atoms with Crippen LogP contribution >= 0.6 is 11.6 Å². The van der Waals surface area contributed by atoms with E-state index in [4.69, 9.17) is 11.6 Å². The fourth-order valence-corrected chi connectivity index (χ4v) is 1.29. The van der Waals surface area contributed by atoms with Gasteiger partial charge in [-0.2, -0.15) is 0 Å². The predicted octanol–water partition coefficient (Wildman–Crippen LogP) is 3.09. The molecule has 12 heavy (non-hydrogen) atoms. The second kappa shape index (κ2) is 3.72. The maximum atomic E-state index is 5.99. The van der Waals surface area contributed by atoms with Crippen molar-refractivity contribution in [2.75, 3.05) is 7.05 Å². The van der Waals surface area contributed by atoms with Gasteiger partial charge in [-0.3, -0.25) is 4.99 Å². The Morgan fingerprint density at radius 1 is 1.42 bits per heavy atom. The van der Waals surface area contributed by atoms with Gasteiger partial charge in [-0.15, -0.1) is 0 Å². The average molecular weight is 182 g/mol. The van der Waals surface area contributed by atoms with Crippen LogP contribution < -0.4 is 0 Å². The lowest BCUT2D eigenvalue weighted by Crippen LogP contribution is -1.95. The number of hydrogen-bond donors (Lipinski definition) is 0. The van der Waals surface area contributed by atoms with Crippen molar-refractivity contribution in [3.63, 3.8) is 0 Å². The number of aryl methyl sites for hydroxylation is 1. The highest BCUT2D eigenvalue weighted by molar-refractivity contribution is 6.34. The van der Waals surface area contributed by atoms with Gasteiger partial charge in [0.2, 0.25) is 0 Å². The highest BCUT2D eigenvalue weighted by Gasteiger charge is 2.02. The summed E-state index contributed by atoms with van der Waals surface area (Å²) >= 11 is 5.99. The van der Waals surface area contributed by atoms with Crippen molar-refractivity contribution in [1.29, 1.82) is 0 Å². The van der Waals surface area contributed by atoms with E-state index in [9.17, 15) is 0 Å². The molecular weight excluding hydrogens is 170 g/mol. The minimum Gasteiger partial charge on any atom is -0.293 e. The molecule has 1 aromatic rings. The number of benzene rings is 1. The van der Waals surface area contributed by atoms with Crippen molar-refractivity contribution in [3.05, 3.63) is 34.3 Å². The maximum Gasteiger partial charge on any atom is 0.0496 e. The summed E-state index contributed by atoms with van der Waals surface area (Å²) in [7, 11) is 1.77. The molecule has 0 unspecified atom stereocenters. The standard InChI is InChI=1S/C10H12ClN/c1-7-4-5-10(11)9(6-7)8(2)12-3/h4-6H,1-3H3. The van der Waals surface area contributed by atoms with Gasteiger partial charge in [0.25, 0.3) is 0 Å². The van der Waals surface area contributed by atoms with Crippen molar-refractivity contribution >= 4 is 17.3 Å². The van der Waals surface area contributed by atoms with Gasteiger partial charge in [0.05, 0.1) is 0 Å². The highest BCUT2D eigenvalue weighted by Crippen LogP contribution is 2.17. The van der Waals surface area contributed by atoms with Crippen molar-refractivity contribution in [3.8, 4) is 0 Å². The third-order valence-corrected chi connectivity index (χ3v) is 2.18. The van der Waals surface area contributed by atoms with E-state index in [1.165, 1.54) is 5.56 Å². The Labute approximate surface area is 78.1 Å². The first-order chi connectivity index (χ1) is 5.65. The van der Waals surface area contributed by atoms with Gasteiger partial charge in [-0.1, -0.05) is 23.2 Å². The van der Waals surface area contributed by atoms with Crippen LogP contribution in [0, 0.1) is 6.92 Å². The van der Waals surface area contributed by atoms with Crippen LogP contribution in [-0.4, -0.2) is 12.8 Å². The first-order valence-electron chi connectivity index (χ1n) is 3.85. The molecule has 0 saturated carbocycles. The Morgan fingerprint density at radius 3 is 2.67 bits per heavy atom. The van der Waals surface area contributed by atoms with E-state index < -0.39 is 0 Å². The molecule has 1 rings (SSSR count). The molecule has 0 aliphatic carbocycles. The van der Waals surface area contributed by atoms with E-state index in [1.54, 1.807) is 7.05 Å². The van der Waals surface area contributed by atoms with Gasteiger partial charge < -0.3 is 0 Å². The summed E-state index contributed by atoms with van der Waals surface area (Å²) in [5, 5.41) is 0.767. The van der Waals surface area contributed by atoms with Gasteiger partial charge >= 0.3 is 0 Å². The van der Waals surface area contributed by atoms with Crippen LogP contribution in [0.3, 0.4) is 0 Å². The van der Waals surface area contributed by atoms with Crippen LogP contribution in [0.15, 0.2) is 23.2 Å². The van der Waals surface area contributed by atoms with E-state index >= 15 is 0 Å². The van der Waals surface area contributed by atoms with Crippen LogP contribution in [0.25, 0.3) is 0 Å². The third-order valence-electron chi connectivity index (χ3n) is 1.85. The van der Waals surface area contributed by atoms with E-state index in [0.717, 1.165) is 16.3 Å². The topological polar surface area (TPSA) is 12.4 Å². The van der Waals surface area contributed by atoms with Crippen LogP contribution in [0.1, 0.15) is 18.1 Å². The minimum absolute atomic E-state index is 0.767. The van der Waals surface area contributed by atoms with E-state index in [-0.39, 0.29) is 0 Å². The molecule has 64 valence electrons. The fraction of sp³-hybridized carbons (Fsp3) is 0.300. The lowest BCUT2D eigenvalue weighted by Gasteiger charge is -2.03. The monoisotopic (exact) mass is 181 g/mol. The highest BCUT2D eigenvalue weighted by atomic mass is 35.5. The summed E-state index contributed by atoms with van der Waals surface area (Å²) < 4.78 is 0. The number of halogens is 1. The largest absolute Gasteiger partial charge is 0.293 e. The maximum absolute atomic E-state index is 5.99. The number of aliphatic imine (C=N–C) groups is 1. The Balaban J connectivity index is 3.23. The quantitative estimate of drug-likeness (QED) is 0.591. The summed E-state index contributed by atoms with van der Waals surface area (Å²) in [6, 6.07) is 5.94. The molecule has 0 atom stereocenters. The summed E-state index contributed by atoms with van der Waals surface area (Å²) in [5.41, 5.74) is 3.21. The number of rotatable bonds is 1. The molecule has 1 nitrogen and oxygen atoms in total. The zero-order valence-corrected chi connectivity index (χ0v) is 8.31. The molecule has 0 saturated heterocycles. The predicted molar refractivity (Wildman–Crippen MR) is 54.3 cm³/mol. The summed E-state index contributed by atoms with van der Waals surface area (Å²) in [6.07, 6.45) is 0. The van der Waals surface area contributed by atoms with Crippen LogP contribution in [0.4, 0.5) is 0 Å². The molecule has 0 aliphatic heterocycles. The van der Waals surface area contributed by atoms with Crippen LogP contribution in [-0.2, 0) is 0 Å². The number of hydrogen-bond acceptors (Lipinski definition) is 1. The fourth-order valence-electron chi connectivity index (χ4n) is 1.04. The molecule has 0 aliphatic rings. The molecule has 0 spiro atoms. The van der Waals surface area contributed by atoms with Crippen molar-refractivity contribution in [2.45, 2.75) is 13.8 Å². The van der Waals surface area contributed by atoms with E-state index in [1.807, 2.05) is 32.0 Å². The Morgan fingerprint density at radius 2 is 2.08 bits per heavy atom. The van der Waals surface area contributed by atoms with E-state index in [2.05, 4.69) is 4.99 Å². The lowest BCUT2D eigenvalue weighted by molar-refractivity contribution is 1.39. The van der Waals surface area contributed by atoms with Crippen molar-refractivity contribution in [2.24, 2.45) is 4.99 Å². The lowest BCUT2D eigenvalue weighted by atomic mass is 10.1. The van der Waals surface area contributed by atoms with E-state index in [0.29, 0.717) is 0 Å². The normalized spacial score (nSPS) is 11.8. The molecule has 0 N–H and O–H groups in total. The van der Waals surface area contributed by atoms with Gasteiger partial charge in [-0.25, -0.2) is 0 Å². The van der Waals surface area contributed by atoms with Crippen LogP contribution in [0.2, 0.25) is 5.02 Å². The van der Waals surface area contributed by atoms with Crippen molar-refractivity contribution < 1.29 is 0 Å². The zero-order chi connectivity index (χ0) is 9.14. The van der Waals surface area contributed by atoms with Crippen LogP contribution in [0.5, 0.6) is 0 Å². The summed E-state index contributed by atoms with van der Waals surface area (Å²) in [5.74, 6) is 0. The molecule has 2 heteroatoms. The molecule has 0 bridgehead atoms. The summed E-state index contributed by atoms with van der Waals surface area (Å²) in [6.45, 7) is 4.00. The first-order valence-corrected chi connectivity index (χ1v) is 4.23. The smallest absolute Gasteiger partial charge is 0.0496 e. The second-order valence-corrected chi connectivity index (χ2v) is 3.20. The molecule has 1 aromatic carbocycles. The SMILES string of the molecule is CN=C(C)c1cc(C)ccc1Cl. The molecule has 0 fully saturated rings. The first kappa shape index (κ1) is 9.27. The molecule has 0 amide bonds. The zero-order valence-electron chi connectivity index (χ0n) is 7.56. The Bertz CT molecular complexity index is 316. The Hall–Kier alpha value is -0.820.